The molecule has 1 saturated heterocycles. The summed E-state index contributed by atoms with van der Waals surface area (Å²) in [5, 5.41) is 4.88. The fraction of sp³-hybridized carbons (Fsp3) is 0.429. The van der Waals surface area contributed by atoms with E-state index in [0.29, 0.717) is 22.7 Å². The van der Waals surface area contributed by atoms with Crippen LogP contribution in [-0.2, 0) is 13.1 Å². The summed E-state index contributed by atoms with van der Waals surface area (Å²) in [6, 6.07) is 14.9. The van der Waals surface area contributed by atoms with Gasteiger partial charge in [-0.05, 0) is 50.6 Å². The van der Waals surface area contributed by atoms with Crippen molar-refractivity contribution in [3.8, 4) is 5.75 Å². The maximum atomic E-state index is 6.29. The highest BCUT2D eigenvalue weighted by Crippen LogP contribution is 2.32. The van der Waals surface area contributed by atoms with Gasteiger partial charge in [0.25, 0.3) is 0 Å². The van der Waals surface area contributed by atoms with Crippen molar-refractivity contribution < 1.29 is 4.74 Å². The molecule has 140 valence electrons. The third-order valence-corrected chi connectivity index (χ3v) is 5.29. The number of benzene rings is 2. The van der Waals surface area contributed by atoms with Crippen LogP contribution in [0.25, 0.3) is 0 Å². The summed E-state index contributed by atoms with van der Waals surface area (Å²) in [5.74, 6) is 0.743. The molecule has 3 rings (SSSR count). The van der Waals surface area contributed by atoms with Crippen LogP contribution in [-0.4, -0.2) is 30.6 Å². The van der Waals surface area contributed by atoms with Gasteiger partial charge in [0.05, 0.1) is 11.6 Å². The molecule has 5 heteroatoms. The van der Waals surface area contributed by atoms with Crippen molar-refractivity contribution in [3.05, 3.63) is 63.6 Å². The molecule has 2 aromatic rings. The minimum absolute atomic E-state index is 0.509. The number of nitrogens with zero attached hydrogens (tertiary/aromatic N) is 1. The van der Waals surface area contributed by atoms with Gasteiger partial charge in [-0.25, -0.2) is 0 Å². The SMILES string of the molecule is CCOc1c(Cl)cc(Cl)cc1CNC1CCN(Cc2ccccc2)CC1. The van der Waals surface area contributed by atoms with Crippen LogP contribution in [0.15, 0.2) is 42.5 Å². The summed E-state index contributed by atoms with van der Waals surface area (Å²) >= 11 is 12.5. The van der Waals surface area contributed by atoms with Gasteiger partial charge >= 0.3 is 0 Å². The van der Waals surface area contributed by atoms with E-state index in [9.17, 15) is 0 Å². The lowest BCUT2D eigenvalue weighted by atomic mass is 10.0. The van der Waals surface area contributed by atoms with Crippen LogP contribution in [0.2, 0.25) is 10.0 Å². The highest BCUT2D eigenvalue weighted by Gasteiger charge is 2.20. The summed E-state index contributed by atoms with van der Waals surface area (Å²) in [6.45, 7) is 6.53. The summed E-state index contributed by atoms with van der Waals surface area (Å²) in [7, 11) is 0. The minimum atomic E-state index is 0.509. The second-order valence-corrected chi connectivity index (χ2v) is 7.57. The fourth-order valence-electron chi connectivity index (χ4n) is 3.44. The first-order valence-electron chi connectivity index (χ1n) is 9.26. The van der Waals surface area contributed by atoms with Crippen LogP contribution in [0.4, 0.5) is 0 Å². The van der Waals surface area contributed by atoms with E-state index in [1.165, 1.54) is 5.56 Å². The smallest absolute Gasteiger partial charge is 0.142 e. The number of hydrogen-bond acceptors (Lipinski definition) is 3. The predicted octanol–water partition coefficient (Wildman–Crippen LogP) is 5.15. The van der Waals surface area contributed by atoms with Crippen molar-refractivity contribution in [1.29, 1.82) is 0 Å². The van der Waals surface area contributed by atoms with Crippen LogP contribution in [0, 0.1) is 0 Å². The summed E-state index contributed by atoms with van der Waals surface area (Å²) in [4.78, 5) is 2.52. The van der Waals surface area contributed by atoms with Gasteiger partial charge in [0.1, 0.15) is 5.75 Å². The highest BCUT2D eigenvalue weighted by atomic mass is 35.5. The molecule has 0 atom stereocenters. The first-order valence-corrected chi connectivity index (χ1v) is 10.0. The number of rotatable bonds is 7. The average molecular weight is 393 g/mol. The van der Waals surface area contributed by atoms with E-state index in [0.717, 1.165) is 50.3 Å². The molecule has 1 aliphatic heterocycles. The fourth-order valence-corrected chi connectivity index (χ4v) is 4.03. The van der Waals surface area contributed by atoms with Crippen molar-refractivity contribution in [2.45, 2.75) is 38.9 Å². The quantitative estimate of drug-likeness (QED) is 0.705. The molecule has 0 saturated carbocycles. The van der Waals surface area contributed by atoms with Crippen molar-refractivity contribution in [1.82, 2.24) is 10.2 Å². The number of hydrogen-bond donors (Lipinski definition) is 1. The van der Waals surface area contributed by atoms with Crippen molar-refractivity contribution >= 4 is 23.2 Å². The Morgan fingerprint density at radius 3 is 2.54 bits per heavy atom. The maximum absolute atomic E-state index is 6.29. The van der Waals surface area contributed by atoms with Crippen molar-refractivity contribution in [2.24, 2.45) is 0 Å². The molecule has 0 radical (unpaired) electrons. The standard InChI is InChI=1S/C21H26Cl2N2O/c1-2-26-21-17(12-18(22)13-20(21)23)14-24-19-8-10-25(11-9-19)15-16-6-4-3-5-7-16/h3-7,12-13,19,24H,2,8-11,14-15H2,1H3. The monoisotopic (exact) mass is 392 g/mol. The molecule has 3 nitrogen and oxygen atoms in total. The zero-order valence-corrected chi connectivity index (χ0v) is 16.7. The largest absolute Gasteiger partial charge is 0.492 e. The summed E-state index contributed by atoms with van der Waals surface area (Å²) in [6.07, 6.45) is 2.29. The molecule has 26 heavy (non-hydrogen) atoms. The first-order chi connectivity index (χ1) is 12.7. The van der Waals surface area contributed by atoms with Gasteiger partial charge in [0.15, 0.2) is 0 Å². The van der Waals surface area contributed by atoms with E-state index in [4.69, 9.17) is 27.9 Å². The van der Waals surface area contributed by atoms with Crippen LogP contribution in [0.1, 0.15) is 30.9 Å². The Bertz CT molecular complexity index is 701. The topological polar surface area (TPSA) is 24.5 Å². The molecule has 0 unspecified atom stereocenters. The van der Waals surface area contributed by atoms with E-state index in [1.54, 1.807) is 6.07 Å². The highest BCUT2D eigenvalue weighted by molar-refractivity contribution is 6.35. The number of halogens is 2. The molecule has 1 fully saturated rings. The molecule has 1 N–H and O–H groups in total. The van der Waals surface area contributed by atoms with Crippen molar-refractivity contribution in [3.63, 3.8) is 0 Å². The van der Waals surface area contributed by atoms with E-state index in [2.05, 4.69) is 40.5 Å². The molecular weight excluding hydrogens is 367 g/mol. The Balaban J connectivity index is 1.51. The Hall–Kier alpha value is -1.26. The van der Waals surface area contributed by atoms with E-state index in [-0.39, 0.29) is 0 Å². The number of likely N-dealkylation sites (tertiary alicyclic amines) is 1. The molecule has 2 aromatic carbocycles. The lowest BCUT2D eigenvalue weighted by Gasteiger charge is -2.32. The van der Waals surface area contributed by atoms with Crippen LogP contribution in [0.3, 0.4) is 0 Å². The summed E-state index contributed by atoms with van der Waals surface area (Å²) in [5.41, 5.74) is 2.41. The molecule has 0 spiro atoms. The van der Waals surface area contributed by atoms with Gasteiger partial charge in [-0.15, -0.1) is 0 Å². The predicted molar refractivity (Wildman–Crippen MR) is 109 cm³/mol. The Morgan fingerprint density at radius 2 is 1.85 bits per heavy atom. The molecule has 1 heterocycles. The zero-order valence-electron chi connectivity index (χ0n) is 15.2. The molecule has 0 aromatic heterocycles. The minimum Gasteiger partial charge on any atom is -0.492 e. The van der Waals surface area contributed by atoms with E-state index < -0.39 is 0 Å². The lowest BCUT2D eigenvalue weighted by Crippen LogP contribution is -2.41. The molecule has 0 aliphatic carbocycles. The second-order valence-electron chi connectivity index (χ2n) is 6.73. The van der Waals surface area contributed by atoms with Gasteiger partial charge in [0.2, 0.25) is 0 Å². The van der Waals surface area contributed by atoms with Crippen LogP contribution >= 0.6 is 23.2 Å². The van der Waals surface area contributed by atoms with E-state index >= 15 is 0 Å². The summed E-state index contributed by atoms with van der Waals surface area (Å²) < 4.78 is 5.71. The Labute approximate surface area is 166 Å². The normalized spacial score (nSPS) is 16.0. The number of nitrogens with one attached hydrogen (secondary N) is 1. The van der Waals surface area contributed by atoms with Gasteiger partial charge < -0.3 is 10.1 Å². The van der Waals surface area contributed by atoms with E-state index in [1.807, 2.05) is 13.0 Å². The number of ether oxygens (including phenoxy) is 1. The third kappa shape index (κ3) is 5.37. The Morgan fingerprint density at radius 1 is 1.12 bits per heavy atom. The Kier molecular flexibility index (Phi) is 7.21. The molecular formula is C21H26Cl2N2O. The third-order valence-electron chi connectivity index (χ3n) is 4.79. The molecule has 0 bridgehead atoms. The molecule has 0 amide bonds. The number of piperidine rings is 1. The van der Waals surface area contributed by atoms with Gasteiger partial charge in [0, 0.05) is 29.7 Å². The molecule has 1 aliphatic rings. The van der Waals surface area contributed by atoms with Crippen molar-refractivity contribution in [2.75, 3.05) is 19.7 Å². The van der Waals surface area contributed by atoms with Crippen LogP contribution in [0.5, 0.6) is 5.75 Å². The van der Waals surface area contributed by atoms with Gasteiger partial charge in [-0.2, -0.15) is 0 Å². The second kappa shape index (κ2) is 9.61. The first kappa shape index (κ1) is 19.5. The van der Waals surface area contributed by atoms with Crippen LogP contribution < -0.4 is 10.1 Å². The van der Waals surface area contributed by atoms with Gasteiger partial charge in [-0.3, -0.25) is 4.90 Å². The zero-order chi connectivity index (χ0) is 18.4. The maximum Gasteiger partial charge on any atom is 0.142 e. The average Bonchev–Trinajstić information content (AvgIpc) is 2.64. The lowest BCUT2D eigenvalue weighted by molar-refractivity contribution is 0.190. The van der Waals surface area contributed by atoms with Gasteiger partial charge in [-0.1, -0.05) is 53.5 Å².